The molecule has 0 rings (SSSR count). The van der Waals surface area contributed by atoms with E-state index >= 15 is 0 Å². The van der Waals surface area contributed by atoms with Gasteiger partial charge in [-0.3, -0.25) is 4.55 Å². The molecule has 0 aliphatic carbocycles. The van der Waals surface area contributed by atoms with Crippen molar-refractivity contribution in [2.75, 3.05) is 5.75 Å². The predicted octanol–water partition coefficient (Wildman–Crippen LogP) is -0.933. The van der Waals surface area contributed by atoms with Crippen molar-refractivity contribution < 1.29 is 37.9 Å². The summed E-state index contributed by atoms with van der Waals surface area (Å²) >= 11 is 0. The molecule has 0 aliphatic heterocycles. The second-order valence-corrected chi connectivity index (χ2v) is 2.61. The molecule has 3 N–H and O–H groups in total. The van der Waals surface area contributed by atoms with Crippen LogP contribution >= 0.6 is 0 Å². The van der Waals surface area contributed by atoms with Crippen LogP contribution < -0.4 is 0 Å². The summed E-state index contributed by atoms with van der Waals surface area (Å²) in [5, 5.41) is 0. The quantitative estimate of drug-likeness (QED) is 0.431. The first-order valence-corrected chi connectivity index (χ1v) is 3.12. The zero-order valence-corrected chi connectivity index (χ0v) is 8.37. The Balaban J connectivity index is -0.000000125. The summed E-state index contributed by atoms with van der Waals surface area (Å²) in [5.74, 6) is -0.201. The van der Waals surface area contributed by atoms with E-state index < -0.39 is 10.1 Å². The van der Waals surface area contributed by atoms with E-state index in [1.165, 1.54) is 6.92 Å². The molecule has 48 valence electrons. The van der Waals surface area contributed by atoms with Gasteiger partial charge in [-0.25, -0.2) is 0 Å². The van der Waals surface area contributed by atoms with Crippen molar-refractivity contribution in [3.05, 3.63) is 0 Å². The van der Waals surface area contributed by atoms with Crippen LogP contribution in [0, 0.1) is 0 Å². The Bertz CT molecular complexity index is 116. The van der Waals surface area contributed by atoms with Gasteiger partial charge in [-0.1, -0.05) is 0 Å². The van der Waals surface area contributed by atoms with Crippen LogP contribution in [-0.4, -0.2) is 24.2 Å². The van der Waals surface area contributed by atoms with Crippen molar-refractivity contribution in [2.24, 2.45) is 0 Å². The van der Waals surface area contributed by atoms with Crippen LogP contribution in [0.4, 0.5) is 0 Å². The number of hydrogen-bond acceptors (Lipinski definition) is 2. The molecule has 0 radical (unpaired) electrons. The molecule has 4 nitrogen and oxygen atoms in total. The van der Waals surface area contributed by atoms with Gasteiger partial charge in [0.15, 0.2) is 0 Å². The van der Waals surface area contributed by atoms with Gasteiger partial charge < -0.3 is 5.48 Å². The monoisotopic (exact) mass is 192 g/mol. The Kier molecular flexibility index (Phi) is 11.1. The molecular weight excluding hydrogens is 185 g/mol. The fraction of sp³-hybridized carbons (Fsp3) is 1.00. The van der Waals surface area contributed by atoms with Crippen molar-refractivity contribution in [2.45, 2.75) is 6.92 Å². The molecule has 0 heterocycles. The van der Waals surface area contributed by atoms with Crippen LogP contribution in [0.3, 0.4) is 0 Å². The zero-order valence-electron chi connectivity index (χ0n) is 4.59. The van der Waals surface area contributed by atoms with Crippen LogP contribution in [0.25, 0.3) is 0 Å². The Labute approximate surface area is 61.1 Å². The molecule has 0 atom stereocenters. The van der Waals surface area contributed by atoms with Gasteiger partial charge in [-0.05, 0) is 6.92 Å². The smallest absolute Gasteiger partial charge is 0.264 e. The van der Waals surface area contributed by atoms with Crippen LogP contribution in [0.1, 0.15) is 6.92 Å². The molecule has 0 unspecified atom stereocenters. The molecule has 6 heteroatoms. The Morgan fingerprint density at radius 1 is 1.50 bits per heavy atom. The maximum Gasteiger partial charge on any atom is 0.264 e. The van der Waals surface area contributed by atoms with Gasteiger partial charge in [0.1, 0.15) is 0 Å². The Hall–Kier alpha value is 0.493. The summed E-state index contributed by atoms with van der Waals surface area (Å²) in [7, 11) is -3.66. The average Bonchev–Trinajstić information content (AvgIpc) is 1.35. The average molecular weight is 194 g/mol. The van der Waals surface area contributed by atoms with E-state index in [0.29, 0.717) is 0 Å². The summed E-state index contributed by atoms with van der Waals surface area (Å²) in [4.78, 5) is 0. The van der Waals surface area contributed by atoms with E-state index in [1.807, 2.05) is 0 Å². The van der Waals surface area contributed by atoms with Gasteiger partial charge >= 0.3 is 0 Å². The predicted molar refractivity (Wildman–Crippen MR) is 25.7 cm³/mol. The van der Waals surface area contributed by atoms with Gasteiger partial charge in [0.2, 0.25) is 0 Å². The Morgan fingerprint density at radius 3 is 1.62 bits per heavy atom. The van der Waals surface area contributed by atoms with Crippen LogP contribution in [0.2, 0.25) is 0 Å². The summed E-state index contributed by atoms with van der Waals surface area (Å²) in [6, 6.07) is 0. The van der Waals surface area contributed by atoms with Gasteiger partial charge in [-0.2, -0.15) is 8.42 Å². The van der Waals surface area contributed by atoms with E-state index in [0.717, 1.165) is 0 Å². The summed E-state index contributed by atoms with van der Waals surface area (Å²) in [6.07, 6.45) is 0. The van der Waals surface area contributed by atoms with Crippen LogP contribution in [0.5, 0.6) is 0 Å². The van der Waals surface area contributed by atoms with Gasteiger partial charge in [0.05, 0.1) is 5.75 Å². The SMILES string of the molecule is CCS(=O)(=O)O.O.[Zn]. The van der Waals surface area contributed by atoms with Crippen molar-refractivity contribution in [1.29, 1.82) is 0 Å². The summed E-state index contributed by atoms with van der Waals surface area (Å²) in [6.45, 7) is 1.37. The molecule has 0 spiro atoms. The minimum atomic E-state index is -3.66. The minimum absolute atomic E-state index is 0. The number of hydrogen-bond donors (Lipinski definition) is 1. The molecule has 8 heavy (non-hydrogen) atoms. The third kappa shape index (κ3) is 16.1. The van der Waals surface area contributed by atoms with E-state index in [4.69, 9.17) is 4.55 Å². The fourth-order valence-electron chi connectivity index (χ4n) is 0. The van der Waals surface area contributed by atoms with Gasteiger partial charge in [-0.15, -0.1) is 0 Å². The molecule has 0 amide bonds. The Morgan fingerprint density at radius 2 is 1.62 bits per heavy atom. The molecule has 0 fully saturated rings. The van der Waals surface area contributed by atoms with Crippen molar-refractivity contribution in [3.8, 4) is 0 Å². The summed E-state index contributed by atoms with van der Waals surface area (Å²) in [5.41, 5.74) is 0. The van der Waals surface area contributed by atoms with Crippen LogP contribution in [0.15, 0.2) is 0 Å². The maximum absolute atomic E-state index is 9.56. The van der Waals surface area contributed by atoms with Crippen molar-refractivity contribution in [1.82, 2.24) is 0 Å². The first-order valence-electron chi connectivity index (χ1n) is 1.51. The number of rotatable bonds is 1. The van der Waals surface area contributed by atoms with E-state index in [1.54, 1.807) is 0 Å². The standard InChI is InChI=1S/C2H6O3S.H2O.Zn/c1-2-6(3,4)5;;/h2H2,1H3,(H,3,4,5);1H2;. The largest absolute Gasteiger partial charge is 0.412 e. The van der Waals surface area contributed by atoms with E-state index in [-0.39, 0.29) is 30.7 Å². The second kappa shape index (κ2) is 5.63. The zero-order chi connectivity index (χ0) is 5.21. The third-order valence-electron chi connectivity index (χ3n) is 0.365. The van der Waals surface area contributed by atoms with E-state index in [9.17, 15) is 8.42 Å². The maximum atomic E-state index is 9.56. The molecule has 0 saturated carbocycles. The molecule has 0 aromatic heterocycles. The molecule has 0 bridgehead atoms. The van der Waals surface area contributed by atoms with Crippen molar-refractivity contribution in [3.63, 3.8) is 0 Å². The first kappa shape index (κ1) is 15.8. The van der Waals surface area contributed by atoms with Crippen LogP contribution in [-0.2, 0) is 29.6 Å². The first-order chi connectivity index (χ1) is 2.56. The van der Waals surface area contributed by atoms with E-state index in [2.05, 4.69) is 0 Å². The van der Waals surface area contributed by atoms with Gasteiger partial charge in [0.25, 0.3) is 10.1 Å². The van der Waals surface area contributed by atoms with Crippen molar-refractivity contribution >= 4 is 10.1 Å². The minimum Gasteiger partial charge on any atom is -0.412 e. The fourth-order valence-corrected chi connectivity index (χ4v) is 0. The summed E-state index contributed by atoms with van der Waals surface area (Å²) < 4.78 is 26.9. The normalized spacial score (nSPS) is 8.75. The molecule has 0 aliphatic rings. The molecular formula is C2H8O4SZn. The molecule has 0 aromatic rings. The topological polar surface area (TPSA) is 85.9 Å². The second-order valence-electron chi connectivity index (χ2n) is 0.871. The van der Waals surface area contributed by atoms with Gasteiger partial charge in [0, 0.05) is 19.5 Å². The molecule has 0 aromatic carbocycles. The molecule has 0 saturated heterocycles. The third-order valence-corrected chi connectivity index (χ3v) is 1.09.